The van der Waals surface area contributed by atoms with Crippen LogP contribution < -0.4 is 5.32 Å². The normalized spacial score (nSPS) is 10.8. The van der Waals surface area contributed by atoms with Crippen molar-refractivity contribution in [2.75, 3.05) is 32.1 Å². The van der Waals surface area contributed by atoms with E-state index >= 15 is 0 Å². The lowest BCUT2D eigenvalue weighted by Gasteiger charge is -2.23. The minimum Gasteiger partial charge on any atom is -0.459 e. The van der Waals surface area contributed by atoms with Crippen LogP contribution in [0, 0.1) is 5.92 Å². The number of anilines is 1. The Labute approximate surface area is 145 Å². The van der Waals surface area contributed by atoms with Crippen molar-refractivity contribution in [3.63, 3.8) is 0 Å². The van der Waals surface area contributed by atoms with Gasteiger partial charge in [-0.2, -0.15) is 0 Å². The van der Waals surface area contributed by atoms with Gasteiger partial charge in [-0.15, -0.1) is 11.3 Å². The predicted octanol–water partition coefficient (Wildman–Crippen LogP) is 3.34. The number of ether oxygens (including phenoxy) is 1. The number of carbonyl (C=O) groups is 2. The van der Waals surface area contributed by atoms with E-state index in [9.17, 15) is 9.59 Å². The zero-order chi connectivity index (χ0) is 17.5. The SMILES string of the molecule is COCCN(CC(C)C)C(=O)c1ccc(NC(=O)c2ccco2)s1. The standard InChI is InChI=1S/C17H22N2O4S/c1-12(2)11-19(8-10-22-3)17(21)14-6-7-15(24-14)18-16(20)13-5-4-9-23-13/h4-7,9,12H,8,10-11H2,1-3H3,(H,18,20). The van der Waals surface area contributed by atoms with E-state index in [4.69, 9.17) is 9.15 Å². The average molecular weight is 350 g/mol. The minimum absolute atomic E-state index is 0.0516. The second-order valence-corrected chi connectivity index (χ2v) is 6.82. The third kappa shape index (κ3) is 4.94. The van der Waals surface area contributed by atoms with Crippen LogP contribution >= 0.6 is 11.3 Å². The zero-order valence-corrected chi connectivity index (χ0v) is 14.9. The highest BCUT2D eigenvalue weighted by Crippen LogP contribution is 2.24. The molecule has 7 heteroatoms. The average Bonchev–Trinajstić information content (AvgIpc) is 3.21. The fourth-order valence-corrected chi connectivity index (χ4v) is 3.04. The molecule has 2 amide bonds. The second kappa shape index (κ2) is 8.65. The number of hydrogen-bond acceptors (Lipinski definition) is 5. The molecule has 2 rings (SSSR count). The molecule has 24 heavy (non-hydrogen) atoms. The van der Waals surface area contributed by atoms with Gasteiger partial charge in [0, 0.05) is 20.2 Å². The topological polar surface area (TPSA) is 71.8 Å². The van der Waals surface area contributed by atoms with Crippen molar-refractivity contribution < 1.29 is 18.7 Å². The number of methoxy groups -OCH3 is 1. The molecular weight excluding hydrogens is 328 g/mol. The summed E-state index contributed by atoms with van der Waals surface area (Å²) in [4.78, 5) is 27.0. The van der Waals surface area contributed by atoms with Crippen molar-refractivity contribution in [3.05, 3.63) is 41.2 Å². The summed E-state index contributed by atoms with van der Waals surface area (Å²) in [6, 6.07) is 6.69. The van der Waals surface area contributed by atoms with Gasteiger partial charge >= 0.3 is 0 Å². The summed E-state index contributed by atoms with van der Waals surface area (Å²) in [6.07, 6.45) is 1.44. The molecule has 6 nitrogen and oxygen atoms in total. The van der Waals surface area contributed by atoms with Gasteiger partial charge in [-0.25, -0.2) is 0 Å². The number of hydrogen-bond donors (Lipinski definition) is 1. The largest absolute Gasteiger partial charge is 0.459 e. The van der Waals surface area contributed by atoms with E-state index in [-0.39, 0.29) is 17.6 Å². The third-order valence-electron chi connectivity index (χ3n) is 3.24. The van der Waals surface area contributed by atoms with Crippen molar-refractivity contribution in [2.45, 2.75) is 13.8 Å². The lowest BCUT2D eigenvalue weighted by Crippen LogP contribution is -2.36. The number of nitrogens with zero attached hydrogens (tertiary/aromatic N) is 1. The highest BCUT2D eigenvalue weighted by Gasteiger charge is 2.19. The van der Waals surface area contributed by atoms with Crippen molar-refractivity contribution in [1.29, 1.82) is 0 Å². The maximum absolute atomic E-state index is 12.7. The Balaban J connectivity index is 2.04. The molecule has 0 aliphatic carbocycles. The molecule has 1 N–H and O–H groups in total. The number of rotatable bonds is 8. The number of thiophene rings is 1. The van der Waals surface area contributed by atoms with Gasteiger partial charge in [0.2, 0.25) is 0 Å². The summed E-state index contributed by atoms with van der Waals surface area (Å²) >= 11 is 1.25. The first-order valence-corrected chi connectivity index (χ1v) is 8.55. The summed E-state index contributed by atoms with van der Waals surface area (Å²) in [5.74, 6) is 0.213. The van der Waals surface area contributed by atoms with Gasteiger partial charge in [-0.1, -0.05) is 13.8 Å². The Morgan fingerprint density at radius 2 is 2.12 bits per heavy atom. The molecule has 0 saturated heterocycles. The van der Waals surface area contributed by atoms with E-state index in [1.54, 1.807) is 36.3 Å². The molecule has 2 heterocycles. The van der Waals surface area contributed by atoms with Gasteiger partial charge in [0.25, 0.3) is 11.8 Å². The minimum atomic E-state index is -0.334. The molecule has 0 saturated carbocycles. The van der Waals surface area contributed by atoms with E-state index in [0.717, 1.165) is 0 Å². The maximum Gasteiger partial charge on any atom is 0.291 e. The molecule has 0 bridgehead atoms. The van der Waals surface area contributed by atoms with Gasteiger partial charge in [-0.3, -0.25) is 9.59 Å². The highest BCUT2D eigenvalue weighted by atomic mass is 32.1. The van der Waals surface area contributed by atoms with Gasteiger partial charge < -0.3 is 19.4 Å². The fourth-order valence-electron chi connectivity index (χ4n) is 2.18. The molecule has 0 aliphatic heterocycles. The van der Waals surface area contributed by atoms with Crippen molar-refractivity contribution in [2.24, 2.45) is 5.92 Å². The molecule has 0 radical (unpaired) electrons. The monoisotopic (exact) mass is 350 g/mol. The summed E-state index contributed by atoms with van der Waals surface area (Å²) in [6.45, 7) is 5.83. The smallest absolute Gasteiger partial charge is 0.291 e. The van der Waals surface area contributed by atoms with Crippen LogP contribution in [0.4, 0.5) is 5.00 Å². The Morgan fingerprint density at radius 1 is 1.33 bits per heavy atom. The van der Waals surface area contributed by atoms with Crippen LogP contribution in [-0.4, -0.2) is 43.5 Å². The van der Waals surface area contributed by atoms with Crippen LogP contribution in [0.5, 0.6) is 0 Å². The molecule has 2 aromatic rings. The van der Waals surface area contributed by atoms with Crippen molar-refractivity contribution in [1.82, 2.24) is 4.90 Å². The summed E-state index contributed by atoms with van der Waals surface area (Å²) < 4.78 is 10.1. The molecule has 2 aromatic heterocycles. The zero-order valence-electron chi connectivity index (χ0n) is 14.1. The van der Waals surface area contributed by atoms with Crippen LogP contribution in [0.25, 0.3) is 0 Å². The fraction of sp³-hybridized carbons (Fsp3) is 0.412. The maximum atomic E-state index is 12.7. The van der Waals surface area contributed by atoms with Gasteiger partial charge in [0.1, 0.15) is 0 Å². The van der Waals surface area contributed by atoms with Crippen molar-refractivity contribution in [3.8, 4) is 0 Å². The van der Waals surface area contributed by atoms with Crippen LogP contribution in [0.1, 0.15) is 34.1 Å². The third-order valence-corrected chi connectivity index (χ3v) is 4.23. The van der Waals surface area contributed by atoms with Crippen LogP contribution in [-0.2, 0) is 4.74 Å². The first-order chi connectivity index (χ1) is 11.5. The summed E-state index contributed by atoms with van der Waals surface area (Å²) in [7, 11) is 1.62. The Morgan fingerprint density at radius 3 is 2.75 bits per heavy atom. The molecule has 0 unspecified atom stereocenters. The molecular formula is C17H22N2O4S. The van der Waals surface area contributed by atoms with E-state index in [2.05, 4.69) is 19.2 Å². The van der Waals surface area contributed by atoms with E-state index in [1.807, 2.05) is 0 Å². The van der Waals surface area contributed by atoms with Crippen LogP contribution in [0.15, 0.2) is 34.9 Å². The van der Waals surface area contributed by atoms with E-state index < -0.39 is 0 Å². The van der Waals surface area contributed by atoms with Gasteiger partial charge in [-0.05, 0) is 30.2 Å². The Bertz CT molecular complexity index is 664. The number of amides is 2. The molecule has 0 aliphatic rings. The Hall–Kier alpha value is -2.12. The van der Waals surface area contributed by atoms with E-state index in [0.29, 0.717) is 35.5 Å². The lowest BCUT2D eigenvalue weighted by molar-refractivity contribution is 0.0677. The molecule has 0 aromatic carbocycles. The van der Waals surface area contributed by atoms with Crippen LogP contribution in [0.3, 0.4) is 0 Å². The summed E-state index contributed by atoms with van der Waals surface area (Å²) in [5, 5.41) is 3.34. The molecule has 0 atom stereocenters. The van der Waals surface area contributed by atoms with E-state index in [1.165, 1.54) is 17.6 Å². The molecule has 0 fully saturated rings. The van der Waals surface area contributed by atoms with Crippen LogP contribution in [0.2, 0.25) is 0 Å². The quantitative estimate of drug-likeness (QED) is 0.792. The first-order valence-electron chi connectivity index (χ1n) is 7.74. The van der Waals surface area contributed by atoms with Gasteiger partial charge in [0.15, 0.2) is 5.76 Å². The number of carbonyl (C=O) groups excluding carboxylic acids is 2. The lowest BCUT2D eigenvalue weighted by atomic mass is 10.2. The number of furan rings is 1. The second-order valence-electron chi connectivity index (χ2n) is 5.73. The highest BCUT2D eigenvalue weighted by molar-refractivity contribution is 7.18. The Kier molecular flexibility index (Phi) is 6.57. The first kappa shape index (κ1) is 18.2. The predicted molar refractivity (Wildman–Crippen MR) is 93.6 cm³/mol. The van der Waals surface area contributed by atoms with Crippen molar-refractivity contribution >= 4 is 28.2 Å². The molecule has 130 valence electrons. The van der Waals surface area contributed by atoms with Gasteiger partial charge in [0.05, 0.1) is 22.7 Å². The summed E-state index contributed by atoms with van der Waals surface area (Å²) in [5.41, 5.74) is 0. The number of nitrogens with one attached hydrogen (secondary N) is 1. The molecule has 0 spiro atoms.